The molecule has 0 atom stereocenters. The van der Waals surface area contributed by atoms with E-state index in [-0.39, 0.29) is 0 Å². The Morgan fingerprint density at radius 3 is 1.38 bits per heavy atom. The summed E-state index contributed by atoms with van der Waals surface area (Å²) < 4.78 is 7.12. The monoisotopic (exact) mass is 563 g/mol. The number of halogens is 1. The van der Waals surface area contributed by atoms with E-state index in [1.165, 1.54) is 15.9 Å². The first kappa shape index (κ1) is 24.9. The Balaban J connectivity index is 1.77. The molecule has 0 saturated carbocycles. The maximum absolute atomic E-state index is 13.4. The molecule has 0 fully saturated rings. The minimum atomic E-state index is -2.38. The van der Waals surface area contributed by atoms with Crippen LogP contribution < -0.4 is 15.9 Å². The van der Waals surface area contributed by atoms with Crippen LogP contribution in [0.15, 0.2) is 156 Å². The van der Waals surface area contributed by atoms with Crippen molar-refractivity contribution in [1.82, 2.24) is 0 Å². The third-order valence-corrected chi connectivity index (χ3v) is 10.6. The highest BCUT2D eigenvalue weighted by molar-refractivity contribution is 9.10. The fourth-order valence-electron chi connectivity index (χ4n) is 4.34. The molecule has 0 saturated heterocycles. The minimum Gasteiger partial charge on any atom is -0.419 e. The van der Waals surface area contributed by atoms with E-state index in [1.54, 1.807) is 12.1 Å². The summed E-state index contributed by atoms with van der Waals surface area (Å²) in [6.07, 6.45) is 0. The summed E-state index contributed by atoms with van der Waals surface area (Å²) in [7, 11) is -2.38. The average Bonchev–Trinajstić information content (AvgIpc) is 2.97. The Bertz CT molecular complexity index is 1390. The van der Waals surface area contributed by atoms with Crippen molar-refractivity contribution in [1.29, 1.82) is 0 Å². The first-order chi connectivity index (χ1) is 18.2. The molecule has 0 amide bonds. The lowest BCUT2D eigenvalue weighted by molar-refractivity contribution is 0.0692. The van der Waals surface area contributed by atoms with Crippen molar-refractivity contribution < 1.29 is 9.53 Å². The Kier molecular flexibility index (Phi) is 7.75. The molecule has 0 bridgehead atoms. The van der Waals surface area contributed by atoms with E-state index in [0.717, 1.165) is 10.0 Å². The summed E-state index contributed by atoms with van der Waals surface area (Å²) in [5, 5.41) is 3.54. The van der Waals surface area contributed by atoms with Gasteiger partial charge in [-0.3, -0.25) is 0 Å². The van der Waals surface area contributed by atoms with Crippen LogP contribution in [0.2, 0.25) is 0 Å². The lowest BCUT2D eigenvalue weighted by Gasteiger charge is -2.25. The predicted molar refractivity (Wildman–Crippen MR) is 159 cm³/mol. The van der Waals surface area contributed by atoms with Crippen LogP contribution in [-0.2, 0) is 4.74 Å². The summed E-state index contributed by atoms with van der Waals surface area (Å²) in [6, 6.07) is 48.6. The molecule has 0 N–H and O–H groups in total. The molecule has 0 unspecified atom stereocenters. The van der Waals surface area contributed by atoms with E-state index in [0.29, 0.717) is 11.3 Å². The largest absolute Gasteiger partial charge is 0.419 e. The molecule has 0 aliphatic carbocycles. The van der Waals surface area contributed by atoms with Gasteiger partial charge in [0.25, 0.3) is 0 Å². The average molecular weight is 564 g/mol. The van der Waals surface area contributed by atoms with Gasteiger partial charge in [-0.15, -0.1) is 0 Å². The SMILES string of the molecule is O=C(OC(=C[P+](c1ccccc1)(c1ccccc1)c1ccccc1)c1ccccc1)c1ccc(Br)cc1. The minimum absolute atomic E-state index is 0.394. The number of carbonyl (C=O) groups excluding carboxylic acids is 1. The van der Waals surface area contributed by atoms with Crippen molar-refractivity contribution in [3.63, 3.8) is 0 Å². The van der Waals surface area contributed by atoms with E-state index in [1.807, 2.05) is 60.7 Å². The quantitative estimate of drug-likeness (QED) is 0.116. The molecule has 0 radical (unpaired) electrons. The Morgan fingerprint density at radius 1 is 0.541 bits per heavy atom. The first-order valence-corrected chi connectivity index (χ1v) is 14.6. The van der Waals surface area contributed by atoms with Crippen LogP contribution in [0.4, 0.5) is 0 Å². The molecule has 4 heteroatoms. The maximum atomic E-state index is 13.4. The number of hydrogen-bond donors (Lipinski definition) is 0. The van der Waals surface area contributed by atoms with E-state index in [4.69, 9.17) is 4.74 Å². The number of esters is 1. The fourth-order valence-corrected chi connectivity index (χ4v) is 8.43. The van der Waals surface area contributed by atoms with Crippen LogP contribution in [0.5, 0.6) is 0 Å². The summed E-state index contributed by atoms with van der Waals surface area (Å²) in [4.78, 5) is 13.4. The zero-order valence-electron chi connectivity index (χ0n) is 20.1. The van der Waals surface area contributed by atoms with Crippen molar-refractivity contribution in [2.75, 3.05) is 0 Å². The molecule has 5 aromatic rings. The number of benzene rings is 5. The predicted octanol–water partition coefficient (Wildman–Crippen LogP) is 7.60. The van der Waals surface area contributed by atoms with Crippen LogP contribution in [0.25, 0.3) is 5.76 Å². The van der Waals surface area contributed by atoms with Crippen LogP contribution in [-0.4, -0.2) is 5.97 Å². The zero-order chi connectivity index (χ0) is 25.5. The standard InChI is InChI=1S/C33H25BrO2P/c34-28-23-21-27(22-24-28)33(35)36-32(26-13-5-1-6-14-26)25-37(29-15-7-2-8-16-29,30-17-9-3-10-18-30)31-19-11-4-12-20-31/h1-25H/q+1. The molecule has 2 nitrogen and oxygen atoms in total. The van der Waals surface area contributed by atoms with Gasteiger partial charge in [0.1, 0.15) is 29.0 Å². The van der Waals surface area contributed by atoms with E-state index >= 15 is 0 Å². The molecule has 0 heterocycles. The molecular formula is C33H25BrO2P+. The van der Waals surface area contributed by atoms with E-state index in [9.17, 15) is 4.79 Å². The van der Waals surface area contributed by atoms with Gasteiger partial charge in [-0.2, -0.15) is 0 Å². The fraction of sp³-hybridized carbons (Fsp3) is 0. The summed E-state index contributed by atoms with van der Waals surface area (Å²) in [6.45, 7) is 0. The molecule has 0 spiro atoms. The normalized spacial score (nSPS) is 11.6. The Hall–Kier alpha value is -3.78. The Labute approximate surface area is 226 Å². The number of ether oxygens (including phenoxy) is 1. The van der Waals surface area contributed by atoms with Crippen molar-refractivity contribution >= 4 is 50.8 Å². The summed E-state index contributed by atoms with van der Waals surface area (Å²) in [5.41, 5.74) is 1.34. The van der Waals surface area contributed by atoms with Gasteiger partial charge in [0.15, 0.2) is 5.76 Å². The number of hydrogen-bond acceptors (Lipinski definition) is 2. The molecule has 0 aliphatic rings. The Morgan fingerprint density at radius 2 is 0.946 bits per heavy atom. The van der Waals surface area contributed by atoms with E-state index in [2.05, 4.69) is 94.5 Å². The van der Waals surface area contributed by atoms with Gasteiger partial charge in [-0.1, -0.05) is 101 Å². The molecule has 0 aliphatic heterocycles. The van der Waals surface area contributed by atoms with Crippen LogP contribution in [0, 0.1) is 0 Å². The maximum Gasteiger partial charge on any atom is 0.343 e. The lowest BCUT2D eigenvalue weighted by atomic mass is 10.2. The van der Waals surface area contributed by atoms with Crippen molar-refractivity contribution in [2.24, 2.45) is 0 Å². The highest BCUT2D eigenvalue weighted by Gasteiger charge is 2.45. The molecule has 5 rings (SSSR count). The molecule has 5 aromatic carbocycles. The van der Waals surface area contributed by atoms with Crippen molar-refractivity contribution in [2.45, 2.75) is 0 Å². The highest BCUT2D eigenvalue weighted by Crippen LogP contribution is 2.58. The third kappa shape index (κ3) is 5.49. The van der Waals surface area contributed by atoms with Gasteiger partial charge in [-0.25, -0.2) is 4.79 Å². The molecule has 37 heavy (non-hydrogen) atoms. The summed E-state index contributed by atoms with van der Waals surface area (Å²) in [5.74, 6) is 2.34. The van der Waals surface area contributed by atoms with Crippen LogP contribution >= 0.6 is 23.2 Å². The molecule has 180 valence electrons. The summed E-state index contributed by atoms with van der Waals surface area (Å²) >= 11 is 3.44. The van der Waals surface area contributed by atoms with Crippen LogP contribution in [0.3, 0.4) is 0 Å². The van der Waals surface area contributed by atoms with E-state index < -0.39 is 13.2 Å². The van der Waals surface area contributed by atoms with Gasteiger partial charge in [-0.05, 0) is 60.7 Å². The number of carbonyl (C=O) groups is 1. The molecule has 0 aromatic heterocycles. The zero-order valence-corrected chi connectivity index (χ0v) is 22.6. The topological polar surface area (TPSA) is 26.3 Å². The lowest BCUT2D eigenvalue weighted by Crippen LogP contribution is -2.30. The first-order valence-electron chi connectivity index (χ1n) is 12.0. The van der Waals surface area contributed by atoms with Gasteiger partial charge >= 0.3 is 5.97 Å². The second kappa shape index (κ2) is 11.5. The van der Waals surface area contributed by atoms with Crippen molar-refractivity contribution in [3.8, 4) is 0 Å². The highest BCUT2D eigenvalue weighted by atomic mass is 79.9. The molecular weight excluding hydrogens is 539 g/mol. The van der Waals surface area contributed by atoms with Gasteiger partial charge in [0.2, 0.25) is 0 Å². The van der Waals surface area contributed by atoms with Gasteiger partial charge in [0.05, 0.1) is 5.56 Å². The third-order valence-electron chi connectivity index (χ3n) is 6.14. The van der Waals surface area contributed by atoms with Crippen LogP contribution in [0.1, 0.15) is 15.9 Å². The number of rotatable bonds is 7. The van der Waals surface area contributed by atoms with Gasteiger partial charge < -0.3 is 4.74 Å². The van der Waals surface area contributed by atoms with Crippen molar-refractivity contribution in [3.05, 3.63) is 167 Å². The smallest absolute Gasteiger partial charge is 0.343 e. The second-order valence-corrected chi connectivity index (χ2v) is 12.7. The second-order valence-electron chi connectivity index (χ2n) is 8.49. The van der Waals surface area contributed by atoms with Gasteiger partial charge in [0, 0.05) is 10.0 Å².